The summed E-state index contributed by atoms with van der Waals surface area (Å²) >= 11 is 0. The summed E-state index contributed by atoms with van der Waals surface area (Å²) in [6, 6.07) is 0. The third kappa shape index (κ3) is 1.70. The lowest BCUT2D eigenvalue weighted by Gasteiger charge is -2.28. The zero-order valence-corrected chi connectivity index (χ0v) is 10.4. The van der Waals surface area contributed by atoms with Crippen molar-refractivity contribution in [2.45, 2.75) is 12.5 Å². The highest BCUT2D eigenvalue weighted by molar-refractivity contribution is 6.23. The molecule has 1 atom stereocenters. The molecule has 0 aromatic heterocycles. The molecule has 0 aromatic rings. The number of hydrogen-bond acceptors (Lipinski definition) is 6. The molecule has 0 radical (unpaired) electrons. The van der Waals surface area contributed by atoms with E-state index in [0.29, 0.717) is 0 Å². The maximum absolute atomic E-state index is 11.8. The van der Waals surface area contributed by atoms with Crippen LogP contribution in [0, 0.1) is 0 Å². The second-order valence-electron chi connectivity index (χ2n) is 4.34. The number of nitrogens with zero attached hydrogens (tertiary/aromatic N) is 1. The molecule has 1 heterocycles. The van der Waals surface area contributed by atoms with E-state index in [9.17, 15) is 14.7 Å². The Morgan fingerprint density at radius 1 is 1.42 bits per heavy atom. The smallest absolute Gasteiger partial charge is 0.336 e. The highest BCUT2D eigenvalue weighted by Gasteiger charge is 2.46. The molecular formula is C12H13N3O4. The van der Waals surface area contributed by atoms with Crippen LogP contribution in [0.15, 0.2) is 39.6 Å². The third-order valence-electron chi connectivity index (χ3n) is 3.15. The Hall–Kier alpha value is -2.57. The van der Waals surface area contributed by atoms with Gasteiger partial charge in [-0.15, -0.1) is 0 Å². The molecule has 1 aliphatic carbocycles. The minimum atomic E-state index is -1.17. The number of amides is 1. The van der Waals surface area contributed by atoms with Gasteiger partial charge in [-0.05, 0) is 19.1 Å². The lowest BCUT2D eigenvalue weighted by Crippen LogP contribution is -2.33. The number of aliphatic hydroxyl groups is 1. The summed E-state index contributed by atoms with van der Waals surface area (Å²) in [5, 5.41) is 9.67. The summed E-state index contributed by atoms with van der Waals surface area (Å²) in [5.41, 5.74) is 10.1. The first kappa shape index (κ1) is 12.9. The zero-order valence-electron chi connectivity index (χ0n) is 10.4. The van der Waals surface area contributed by atoms with Crippen LogP contribution in [0.25, 0.3) is 0 Å². The Kier molecular flexibility index (Phi) is 2.69. The summed E-state index contributed by atoms with van der Waals surface area (Å²) in [4.78, 5) is 27.3. The summed E-state index contributed by atoms with van der Waals surface area (Å²) in [5.74, 6) is -1.70. The van der Waals surface area contributed by atoms with Gasteiger partial charge in [-0.2, -0.15) is 0 Å². The number of primary amides is 1. The van der Waals surface area contributed by atoms with Gasteiger partial charge in [-0.25, -0.2) is 4.79 Å². The van der Waals surface area contributed by atoms with Gasteiger partial charge in [-0.3, -0.25) is 9.79 Å². The fraction of sp³-hybridized carbons (Fsp3) is 0.250. The van der Waals surface area contributed by atoms with Crippen LogP contribution in [0.4, 0.5) is 0 Å². The fourth-order valence-electron chi connectivity index (χ4n) is 2.26. The first-order valence-corrected chi connectivity index (χ1v) is 5.42. The predicted molar refractivity (Wildman–Crippen MR) is 67.1 cm³/mol. The Bertz CT molecular complexity index is 612. The molecule has 0 saturated heterocycles. The van der Waals surface area contributed by atoms with Crippen LogP contribution in [0.2, 0.25) is 0 Å². The van der Waals surface area contributed by atoms with Crippen molar-refractivity contribution in [1.29, 1.82) is 0 Å². The van der Waals surface area contributed by atoms with Crippen LogP contribution in [0.1, 0.15) is 6.92 Å². The number of esters is 1. The topological polar surface area (TPSA) is 128 Å². The maximum Gasteiger partial charge on any atom is 0.336 e. The summed E-state index contributed by atoms with van der Waals surface area (Å²) < 4.78 is 4.65. The van der Waals surface area contributed by atoms with Crippen molar-refractivity contribution >= 4 is 17.7 Å². The monoisotopic (exact) mass is 263 g/mol. The van der Waals surface area contributed by atoms with Gasteiger partial charge in [0.25, 0.3) is 5.91 Å². The Labute approximate surface area is 108 Å². The number of carbonyl (C=O) groups excluding carboxylic acids is 2. The maximum atomic E-state index is 11.8. The van der Waals surface area contributed by atoms with Crippen molar-refractivity contribution in [3.05, 3.63) is 34.6 Å². The molecular weight excluding hydrogens is 250 g/mol. The van der Waals surface area contributed by atoms with Gasteiger partial charge in [0.2, 0.25) is 0 Å². The van der Waals surface area contributed by atoms with Gasteiger partial charge in [-0.1, -0.05) is 0 Å². The quantitative estimate of drug-likeness (QED) is 0.576. The standard InChI is InChI=1S/C12H13N3O4/c1-12-6(8(10(14)17)9(13)15-12)3-5(16)4-7(12)11(18)19-2/h3-4,16H,1-2H3,(H2,13,15)(H2,14,17). The summed E-state index contributed by atoms with van der Waals surface area (Å²) in [6.45, 7) is 1.59. The molecule has 2 aliphatic rings. The second-order valence-corrected chi connectivity index (χ2v) is 4.34. The van der Waals surface area contributed by atoms with E-state index >= 15 is 0 Å². The molecule has 1 amide bonds. The molecule has 0 aromatic carbocycles. The Morgan fingerprint density at radius 2 is 2.05 bits per heavy atom. The molecule has 1 aliphatic heterocycles. The number of aliphatic imine (C=N–C) groups is 1. The average molecular weight is 263 g/mol. The van der Waals surface area contributed by atoms with Crippen LogP contribution in [0.5, 0.6) is 0 Å². The number of aliphatic hydroxyl groups excluding tert-OH is 1. The number of hydrogen-bond donors (Lipinski definition) is 3. The SMILES string of the molecule is COC(=O)C1=CC(O)=CC2=C(C(N)=O)C(N)=NC12C. The van der Waals surface area contributed by atoms with Crippen molar-refractivity contribution in [2.75, 3.05) is 7.11 Å². The van der Waals surface area contributed by atoms with E-state index in [4.69, 9.17) is 11.5 Å². The fourth-order valence-corrected chi connectivity index (χ4v) is 2.26. The van der Waals surface area contributed by atoms with Crippen LogP contribution < -0.4 is 11.5 Å². The van der Waals surface area contributed by atoms with E-state index in [1.807, 2.05) is 0 Å². The molecule has 0 spiro atoms. The molecule has 0 saturated carbocycles. The highest BCUT2D eigenvalue weighted by Crippen LogP contribution is 2.41. The van der Waals surface area contributed by atoms with E-state index < -0.39 is 17.4 Å². The molecule has 100 valence electrons. The molecule has 2 rings (SSSR count). The van der Waals surface area contributed by atoms with E-state index in [1.54, 1.807) is 6.92 Å². The number of carbonyl (C=O) groups is 2. The van der Waals surface area contributed by atoms with Crippen molar-refractivity contribution in [2.24, 2.45) is 16.5 Å². The molecule has 7 heteroatoms. The minimum absolute atomic E-state index is 0.00329. The van der Waals surface area contributed by atoms with Crippen molar-refractivity contribution in [3.63, 3.8) is 0 Å². The molecule has 19 heavy (non-hydrogen) atoms. The van der Waals surface area contributed by atoms with Gasteiger partial charge in [0, 0.05) is 5.57 Å². The van der Waals surface area contributed by atoms with Crippen molar-refractivity contribution in [3.8, 4) is 0 Å². The van der Waals surface area contributed by atoms with Crippen LogP contribution in [0.3, 0.4) is 0 Å². The van der Waals surface area contributed by atoms with E-state index in [1.165, 1.54) is 19.3 Å². The van der Waals surface area contributed by atoms with E-state index in [0.717, 1.165) is 0 Å². The molecule has 5 N–H and O–H groups in total. The highest BCUT2D eigenvalue weighted by atomic mass is 16.5. The number of ether oxygens (including phenoxy) is 1. The van der Waals surface area contributed by atoms with E-state index in [-0.39, 0.29) is 28.3 Å². The summed E-state index contributed by atoms with van der Waals surface area (Å²) in [7, 11) is 1.21. The van der Waals surface area contributed by atoms with Gasteiger partial charge in [0.1, 0.15) is 17.1 Å². The predicted octanol–water partition coefficient (Wildman–Crippen LogP) is -0.547. The van der Waals surface area contributed by atoms with Gasteiger partial charge < -0.3 is 21.3 Å². The molecule has 7 nitrogen and oxygen atoms in total. The van der Waals surface area contributed by atoms with Gasteiger partial charge in [0.15, 0.2) is 0 Å². The first-order valence-electron chi connectivity index (χ1n) is 5.42. The zero-order chi connectivity index (χ0) is 14.4. The normalized spacial score (nSPS) is 25.3. The Morgan fingerprint density at radius 3 is 2.58 bits per heavy atom. The number of amidine groups is 1. The number of rotatable bonds is 2. The van der Waals surface area contributed by atoms with Crippen LogP contribution >= 0.6 is 0 Å². The molecule has 0 fully saturated rings. The number of fused-ring (bicyclic) bond motifs is 1. The van der Waals surface area contributed by atoms with E-state index in [2.05, 4.69) is 9.73 Å². The largest absolute Gasteiger partial charge is 0.508 e. The van der Waals surface area contributed by atoms with Crippen LogP contribution in [-0.2, 0) is 14.3 Å². The van der Waals surface area contributed by atoms with Gasteiger partial charge >= 0.3 is 5.97 Å². The van der Waals surface area contributed by atoms with Crippen molar-refractivity contribution < 1.29 is 19.4 Å². The van der Waals surface area contributed by atoms with Crippen molar-refractivity contribution in [1.82, 2.24) is 0 Å². The number of nitrogens with two attached hydrogens (primary N) is 2. The lowest BCUT2D eigenvalue weighted by atomic mass is 9.80. The van der Waals surface area contributed by atoms with Gasteiger partial charge in [0.05, 0.1) is 18.3 Å². The minimum Gasteiger partial charge on any atom is -0.508 e. The second kappa shape index (κ2) is 3.98. The third-order valence-corrected chi connectivity index (χ3v) is 3.15. The summed E-state index contributed by atoms with van der Waals surface area (Å²) in [6.07, 6.45) is 2.55. The lowest BCUT2D eigenvalue weighted by molar-refractivity contribution is -0.136. The molecule has 1 unspecified atom stereocenters. The van der Waals surface area contributed by atoms with Crippen LogP contribution in [-0.4, -0.2) is 35.5 Å². The molecule has 0 bridgehead atoms. The average Bonchev–Trinajstić information content (AvgIpc) is 2.58. The Balaban J connectivity index is 2.71. The first-order chi connectivity index (χ1) is 8.81. The number of methoxy groups -OCH3 is 1. The number of allylic oxidation sites excluding steroid dienone is 1.